The lowest BCUT2D eigenvalue weighted by molar-refractivity contribution is 0.383. The van der Waals surface area contributed by atoms with E-state index < -0.39 is 10.2 Å². The van der Waals surface area contributed by atoms with Crippen LogP contribution in [-0.2, 0) is 10.2 Å². The van der Waals surface area contributed by atoms with E-state index in [1.165, 1.54) is 4.31 Å². The maximum absolute atomic E-state index is 11.1. The van der Waals surface area contributed by atoms with Crippen molar-refractivity contribution in [2.45, 2.75) is 12.5 Å². The Hall–Kier alpha value is -0.170. The minimum absolute atomic E-state index is 0.111. The van der Waals surface area contributed by atoms with Gasteiger partial charge in [0.15, 0.2) is 0 Å². The molecule has 0 spiro atoms. The van der Waals surface area contributed by atoms with Gasteiger partial charge in [-0.25, -0.2) is 5.14 Å². The molecule has 2 aliphatic rings. The smallest absolute Gasteiger partial charge is 0.277 e. The van der Waals surface area contributed by atoms with Crippen molar-refractivity contribution in [3.63, 3.8) is 0 Å². The average Bonchev–Trinajstić information content (AvgIpc) is 2.37. The highest BCUT2D eigenvalue weighted by Crippen LogP contribution is 2.27. The Morgan fingerprint density at radius 3 is 2.83 bits per heavy atom. The SMILES string of the molecule is NS(=O)(=O)N1CC[C@H]2CNC[C@H]21. The monoisotopic (exact) mass is 191 g/mol. The molecule has 0 radical (unpaired) electrons. The Labute approximate surface area is 72.1 Å². The van der Waals surface area contributed by atoms with Crippen LogP contribution in [-0.4, -0.2) is 38.4 Å². The highest BCUT2D eigenvalue weighted by Gasteiger charge is 2.41. The van der Waals surface area contributed by atoms with Gasteiger partial charge in [0.1, 0.15) is 0 Å². The molecule has 2 rings (SSSR count). The lowest BCUT2D eigenvalue weighted by Gasteiger charge is -2.19. The highest BCUT2D eigenvalue weighted by atomic mass is 32.2. The van der Waals surface area contributed by atoms with Crippen molar-refractivity contribution >= 4 is 10.2 Å². The standard InChI is InChI=1S/C6H13N3O2S/c7-12(10,11)9-2-1-5-3-8-4-6(5)9/h5-6,8H,1-4H2,(H2,7,10,11)/t5-,6+/m0/s1. The maximum Gasteiger partial charge on any atom is 0.277 e. The van der Waals surface area contributed by atoms with E-state index in [4.69, 9.17) is 5.14 Å². The van der Waals surface area contributed by atoms with Gasteiger partial charge >= 0.3 is 0 Å². The summed E-state index contributed by atoms with van der Waals surface area (Å²) in [5, 5.41) is 8.23. The molecule has 0 unspecified atom stereocenters. The van der Waals surface area contributed by atoms with Crippen molar-refractivity contribution < 1.29 is 8.42 Å². The van der Waals surface area contributed by atoms with Crippen molar-refractivity contribution in [2.24, 2.45) is 11.1 Å². The predicted octanol–water partition coefficient (Wildman–Crippen LogP) is -1.52. The first-order valence-corrected chi connectivity index (χ1v) is 5.59. The summed E-state index contributed by atoms with van der Waals surface area (Å²) >= 11 is 0. The fourth-order valence-electron chi connectivity index (χ4n) is 2.13. The number of hydrogen-bond acceptors (Lipinski definition) is 3. The summed E-state index contributed by atoms with van der Waals surface area (Å²) < 4.78 is 23.5. The molecule has 2 heterocycles. The number of rotatable bonds is 1. The molecule has 0 amide bonds. The Bertz CT molecular complexity index is 277. The molecule has 5 nitrogen and oxygen atoms in total. The molecule has 0 aliphatic carbocycles. The number of nitrogens with zero attached hydrogens (tertiary/aromatic N) is 1. The number of nitrogens with two attached hydrogens (primary N) is 1. The first-order valence-electron chi connectivity index (χ1n) is 4.09. The molecular formula is C6H13N3O2S. The molecular weight excluding hydrogens is 178 g/mol. The van der Waals surface area contributed by atoms with Crippen LogP contribution in [0.1, 0.15) is 6.42 Å². The van der Waals surface area contributed by atoms with Gasteiger partial charge in [-0.05, 0) is 18.9 Å². The van der Waals surface area contributed by atoms with Gasteiger partial charge in [0.25, 0.3) is 10.2 Å². The quantitative estimate of drug-likeness (QED) is 0.529. The van der Waals surface area contributed by atoms with Crippen LogP contribution in [0.2, 0.25) is 0 Å². The highest BCUT2D eigenvalue weighted by molar-refractivity contribution is 7.86. The second kappa shape index (κ2) is 2.66. The molecule has 0 aromatic heterocycles. The van der Waals surface area contributed by atoms with Crippen LogP contribution in [0.4, 0.5) is 0 Å². The average molecular weight is 191 g/mol. The van der Waals surface area contributed by atoms with Crippen LogP contribution in [0.5, 0.6) is 0 Å². The summed E-state index contributed by atoms with van der Waals surface area (Å²) in [6.45, 7) is 2.27. The summed E-state index contributed by atoms with van der Waals surface area (Å²) in [7, 11) is -3.46. The zero-order chi connectivity index (χ0) is 8.77. The van der Waals surface area contributed by atoms with Gasteiger partial charge in [0.2, 0.25) is 0 Å². The van der Waals surface area contributed by atoms with Crippen molar-refractivity contribution in [1.29, 1.82) is 0 Å². The molecule has 0 bridgehead atoms. The van der Waals surface area contributed by atoms with Gasteiger partial charge in [-0.15, -0.1) is 0 Å². The number of nitrogens with one attached hydrogen (secondary N) is 1. The van der Waals surface area contributed by atoms with E-state index in [9.17, 15) is 8.42 Å². The Morgan fingerprint density at radius 1 is 1.42 bits per heavy atom. The normalized spacial score (nSPS) is 37.1. The second-order valence-corrected chi connectivity index (χ2v) is 4.93. The van der Waals surface area contributed by atoms with Crippen LogP contribution in [0.3, 0.4) is 0 Å². The maximum atomic E-state index is 11.1. The van der Waals surface area contributed by atoms with Crippen molar-refractivity contribution in [3.05, 3.63) is 0 Å². The third-order valence-electron chi connectivity index (χ3n) is 2.72. The molecule has 2 aliphatic heterocycles. The fourth-order valence-corrected chi connectivity index (χ4v) is 3.11. The third-order valence-corrected chi connectivity index (χ3v) is 3.83. The van der Waals surface area contributed by atoms with Crippen LogP contribution in [0, 0.1) is 5.92 Å². The molecule has 2 fully saturated rings. The summed E-state index contributed by atoms with van der Waals surface area (Å²) in [6.07, 6.45) is 0.939. The topological polar surface area (TPSA) is 75.4 Å². The largest absolute Gasteiger partial charge is 0.315 e. The minimum atomic E-state index is -3.46. The molecule has 12 heavy (non-hydrogen) atoms. The minimum Gasteiger partial charge on any atom is -0.315 e. The first kappa shape index (κ1) is 8.43. The summed E-state index contributed by atoms with van der Waals surface area (Å²) in [5.41, 5.74) is 0. The fraction of sp³-hybridized carbons (Fsp3) is 1.00. The number of hydrogen-bond donors (Lipinski definition) is 2. The van der Waals surface area contributed by atoms with Gasteiger partial charge in [-0.1, -0.05) is 0 Å². The molecule has 3 N–H and O–H groups in total. The number of fused-ring (bicyclic) bond motifs is 1. The zero-order valence-electron chi connectivity index (χ0n) is 6.73. The molecule has 0 aromatic carbocycles. The Kier molecular flexibility index (Phi) is 1.87. The second-order valence-electron chi connectivity index (χ2n) is 3.43. The van der Waals surface area contributed by atoms with Crippen LogP contribution >= 0.6 is 0 Å². The van der Waals surface area contributed by atoms with Crippen molar-refractivity contribution in [1.82, 2.24) is 9.62 Å². The molecule has 0 aromatic rings. The zero-order valence-corrected chi connectivity index (χ0v) is 7.55. The molecule has 6 heteroatoms. The molecule has 70 valence electrons. The summed E-state index contributed by atoms with van der Waals surface area (Å²) in [5.74, 6) is 0.475. The first-order chi connectivity index (χ1) is 5.59. The van der Waals surface area contributed by atoms with Crippen molar-refractivity contribution in [2.75, 3.05) is 19.6 Å². The van der Waals surface area contributed by atoms with E-state index in [0.29, 0.717) is 12.5 Å². The molecule has 2 atom stereocenters. The van der Waals surface area contributed by atoms with Crippen LogP contribution in [0.25, 0.3) is 0 Å². The van der Waals surface area contributed by atoms with Crippen LogP contribution < -0.4 is 10.5 Å². The Morgan fingerprint density at radius 2 is 2.17 bits per heavy atom. The summed E-state index contributed by atoms with van der Waals surface area (Å²) in [6, 6.07) is 0.111. The van der Waals surface area contributed by atoms with Crippen LogP contribution in [0.15, 0.2) is 0 Å². The van der Waals surface area contributed by atoms with Gasteiger partial charge in [0.05, 0.1) is 0 Å². The van der Waals surface area contributed by atoms with Gasteiger partial charge in [-0.3, -0.25) is 0 Å². The van der Waals surface area contributed by atoms with E-state index >= 15 is 0 Å². The third kappa shape index (κ3) is 1.24. The van der Waals surface area contributed by atoms with Crippen molar-refractivity contribution in [3.8, 4) is 0 Å². The summed E-state index contributed by atoms with van der Waals surface area (Å²) in [4.78, 5) is 0. The van der Waals surface area contributed by atoms with E-state index in [2.05, 4.69) is 5.32 Å². The predicted molar refractivity (Wildman–Crippen MR) is 44.6 cm³/mol. The van der Waals surface area contributed by atoms with E-state index in [-0.39, 0.29) is 6.04 Å². The lowest BCUT2D eigenvalue weighted by Crippen LogP contribution is -2.42. The van der Waals surface area contributed by atoms with E-state index in [1.807, 2.05) is 0 Å². The molecule has 0 saturated carbocycles. The van der Waals surface area contributed by atoms with Gasteiger partial charge in [-0.2, -0.15) is 12.7 Å². The van der Waals surface area contributed by atoms with Gasteiger partial charge < -0.3 is 5.32 Å². The Balaban J connectivity index is 2.20. The van der Waals surface area contributed by atoms with E-state index in [0.717, 1.165) is 19.5 Å². The van der Waals surface area contributed by atoms with E-state index in [1.54, 1.807) is 0 Å². The lowest BCUT2D eigenvalue weighted by atomic mass is 10.1. The molecule has 2 saturated heterocycles. The van der Waals surface area contributed by atoms with Gasteiger partial charge in [0, 0.05) is 19.1 Å².